The number of hydrogen-bond donors (Lipinski definition) is 2. The number of nitrogens with zero attached hydrogens (tertiary/aromatic N) is 4. The van der Waals surface area contributed by atoms with Gasteiger partial charge < -0.3 is 29.3 Å². The van der Waals surface area contributed by atoms with Crippen LogP contribution in [-0.2, 0) is 11.2 Å². The van der Waals surface area contributed by atoms with Gasteiger partial charge in [-0.05, 0) is 86.2 Å². The summed E-state index contributed by atoms with van der Waals surface area (Å²) < 4.78 is 63.9. The Hall–Kier alpha value is -3.87. The smallest absolute Gasteiger partial charge is 0.319 e. The number of aryl methyl sites for hydroxylation is 1. The van der Waals surface area contributed by atoms with E-state index in [9.17, 15) is 14.6 Å². The normalized spacial score (nSPS) is 24.5. The Labute approximate surface area is 277 Å². The standard InChI is InChI=1S/C36H41F3N4O5/c1-4-24-27(38)8-7-21-13-23(48-20-46-3)14-25(29(21)24)30-28(44)15-26-32(31(30)39)40-34(41-33(26)42-11-5-9-35(2,45)18-42)47-19-36-10-6-12-43(36)17-22(37)16-36/h7-8,13-15,22,44-45H,4-6,9-12,16-20H2,1-3H3/t22-,35-,36+/m1/s1. The molecule has 1 aromatic heterocycles. The van der Waals surface area contributed by atoms with E-state index in [1.807, 2.05) is 11.8 Å². The number of β-amino-alcohol motifs (C(OH)–C–C–N with tert-alkyl or cyclic N) is 1. The molecule has 2 N–H and O–H groups in total. The maximum Gasteiger partial charge on any atom is 0.319 e. The number of alkyl halides is 1. The van der Waals surface area contributed by atoms with Crippen molar-refractivity contribution in [3.63, 3.8) is 0 Å². The molecule has 3 aromatic carbocycles. The molecule has 4 heterocycles. The van der Waals surface area contributed by atoms with Crippen LogP contribution in [0.4, 0.5) is 19.0 Å². The minimum Gasteiger partial charge on any atom is -0.507 e. The van der Waals surface area contributed by atoms with Gasteiger partial charge in [-0.2, -0.15) is 9.97 Å². The molecule has 0 unspecified atom stereocenters. The maximum atomic E-state index is 17.2. The van der Waals surface area contributed by atoms with E-state index in [2.05, 4.69) is 9.88 Å². The zero-order valence-corrected chi connectivity index (χ0v) is 27.5. The summed E-state index contributed by atoms with van der Waals surface area (Å²) in [5, 5.41) is 23.8. The molecule has 9 nitrogen and oxygen atoms in total. The fourth-order valence-corrected chi connectivity index (χ4v) is 8.03. The number of hydrogen-bond acceptors (Lipinski definition) is 9. The lowest BCUT2D eigenvalue weighted by Crippen LogP contribution is -2.46. The van der Waals surface area contributed by atoms with E-state index in [0.717, 1.165) is 19.4 Å². The van der Waals surface area contributed by atoms with Gasteiger partial charge in [0.05, 0.1) is 16.7 Å². The van der Waals surface area contributed by atoms with Crippen molar-refractivity contribution >= 4 is 27.5 Å². The molecule has 0 amide bonds. The number of anilines is 1. The molecular formula is C36H41F3N4O5. The number of phenols is 1. The van der Waals surface area contributed by atoms with Gasteiger partial charge in [0.2, 0.25) is 0 Å². The Balaban J connectivity index is 1.42. The number of ether oxygens (including phenoxy) is 3. The Morgan fingerprint density at radius 3 is 2.65 bits per heavy atom. The largest absolute Gasteiger partial charge is 0.507 e. The van der Waals surface area contributed by atoms with Crippen molar-refractivity contribution in [2.45, 2.75) is 69.7 Å². The lowest BCUT2D eigenvalue weighted by atomic mass is 9.91. The first-order valence-electron chi connectivity index (χ1n) is 16.6. The molecule has 0 saturated carbocycles. The van der Waals surface area contributed by atoms with Crippen molar-refractivity contribution in [3.8, 4) is 28.6 Å². The number of rotatable bonds is 9. The van der Waals surface area contributed by atoms with Crippen LogP contribution in [0.25, 0.3) is 32.8 Å². The molecule has 3 saturated heterocycles. The summed E-state index contributed by atoms with van der Waals surface area (Å²) in [7, 11) is 1.48. The minimum absolute atomic E-state index is 0.0715. The number of aromatic hydroxyl groups is 1. The van der Waals surface area contributed by atoms with E-state index < -0.39 is 28.9 Å². The molecule has 4 aromatic rings. The number of aliphatic hydroxyl groups is 1. The van der Waals surface area contributed by atoms with E-state index >= 15 is 8.78 Å². The Kier molecular flexibility index (Phi) is 8.53. The average molecular weight is 667 g/mol. The van der Waals surface area contributed by atoms with Crippen molar-refractivity contribution in [1.82, 2.24) is 14.9 Å². The number of halogens is 3. The summed E-state index contributed by atoms with van der Waals surface area (Å²) in [5.74, 6) is -1.02. The lowest BCUT2D eigenvalue weighted by molar-refractivity contribution is 0.0447. The summed E-state index contributed by atoms with van der Waals surface area (Å²) in [6.07, 6.45) is 2.69. The van der Waals surface area contributed by atoms with Crippen LogP contribution in [0.1, 0.15) is 51.5 Å². The number of phenolic OH excluding ortho intramolecular Hbond substituents is 1. The summed E-state index contributed by atoms with van der Waals surface area (Å²) >= 11 is 0. The highest BCUT2D eigenvalue weighted by Crippen LogP contribution is 2.46. The molecule has 12 heteroatoms. The molecule has 256 valence electrons. The quantitative estimate of drug-likeness (QED) is 0.200. The van der Waals surface area contributed by atoms with Gasteiger partial charge in [0.15, 0.2) is 12.6 Å². The third-order valence-corrected chi connectivity index (χ3v) is 10.2. The molecule has 3 aliphatic heterocycles. The van der Waals surface area contributed by atoms with Gasteiger partial charge in [-0.25, -0.2) is 13.2 Å². The van der Waals surface area contributed by atoms with Crippen LogP contribution in [0, 0.1) is 11.6 Å². The summed E-state index contributed by atoms with van der Waals surface area (Å²) in [6.45, 7) is 5.53. The topological polar surface area (TPSA) is 100 Å². The van der Waals surface area contributed by atoms with Gasteiger partial charge in [-0.15, -0.1) is 0 Å². The predicted octanol–water partition coefficient (Wildman–Crippen LogP) is 6.29. The fourth-order valence-electron chi connectivity index (χ4n) is 8.03. The molecule has 0 aliphatic carbocycles. The van der Waals surface area contributed by atoms with Gasteiger partial charge in [0.1, 0.15) is 41.4 Å². The summed E-state index contributed by atoms with van der Waals surface area (Å²) in [4.78, 5) is 13.2. The summed E-state index contributed by atoms with van der Waals surface area (Å²) in [5.41, 5.74) is -1.17. The number of fused-ring (bicyclic) bond motifs is 3. The van der Waals surface area contributed by atoms with Crippen LogP contribution in [0.15, 0.2) is 30.3 Å². The Morgan fingerprint density at radius 2 is 1.88 bits per heavy atom. The first-order chi connectivity index (χ1) is 23.0. The third-order valence-electron chi connectivity index (χ3n) is 10.2. The van der Waals surface area contributed by atoms with E-state index in [1.165, 1.54) is 19.2 Å². The lowest BCUT2D eigenvalue weighted by Gasteiger charge is -2.38. The zero-order chi connectivity index (χ0) is 33.8. The van der Waals surface area contributed by atoms with Crippen LogP contribution >= 0.6 is 0 Å². The van der Waals surface area contributed by atoms with Gasteiger partial charge in [0, 0.05) is 44.1 Å². The second-order valence-corrected chi connectivity index (χ2v) is 13.7. The molecule has 0 radical (unpaired) electrons. The molecule has 7 rings (SSSR count). The van der Waals surface area contributed by atoms with E-state index in [-0.39, 0.29) is 53.7 Å². The highest BCUT2D eigenvalue weighted by molar-refractivity contribution is 6.04. The molecule has 3 atom stereocenters. The highest BCUT2D eigenvalue weighted by Gasteiger charge is 2.49. The SMILES string of the molecule is CCc1c(F)ccc2cc(OCOC)cc(-c3c(O)cc4c(N5CCC[C@@](C)(O)C5)nc(OC[C@@]56CCCN5C[C@H](F)C6)nc4c3F)c12. The predicted molar refractivity (Wildman–Crippen MR) is 177 cm³/mol. The molecule has 0 spiro atoms. The van der Waals surface area contributed by atoms with Crippen molar-refractivity contribution < 1.29 is 37.6 Å². The molecule has 3 fully saturated rings. The van der Waals surface area contributed by atoms with Gasteiger partial charge in [0.25, 0.3) is 0 Å². The molecule has 48 heavy (non-hydrogen) atoms. The highest BCUT2D eigenvalue weighted by atomic mass is 19.1. The van der Waals surface area contributed by atoms with Crippen molar-refractivity contribution in [2.24, 2.45) is 0 Å². The number of piperidine rings is 1. The van der Waals surface area contributed by atoms with Gasteiger partial charge in [-0.3, -0.25) is 4.90 Å². The van der Waals surface area contributed by atoms with Gasteiger partial charge >= 0.3 is 6.01 Å². The first kappa shape index (κ1) is 32.7. The zero-order valence-electron chi connectivity index (χ0n) is 27.5. The van der Waals surface area contributed by atoms with E-state index in [1.54, 1.807) is 25.1 Å². The fraction of sp³-hybridized carbons (Fsp3) is 0.500. The van der Waals surface area contributed by atoms with Crippen molar-refractivity contribution in [3.05, 3.63) is 47.5 Å². The van der Waals surface area contributed by atoms with Crippen LogP contribution in [0.3, 0.4) is 0 Å². The third kappa shape index (κ3) is 5.77. The minimum atomic E-state index is -1.01. The van der Waals surface area contributed by atoms with Gasteiger partial charge in [-0.1, -0.05) is 13.0 Å². The van der Waals surface area contributed by atoms with Crippen LogP contribution < -0.4 is 14.4 Å². The van der Waals surface area contributed by atoms with E-state index in [0.29, 0.717) is 66.7 Å². The number of benzene rings is 3. The molecule has 3 aliphatic rings. The summed E-state index contributed by atoms with van der Waals surface area (Å²) in [6, 6.07) is 7.57. The van der Waals surface area contributed by atoms with Crippen LogP contribution in [-0.4, -0.2) is 89.1 Å². The molecular weight excluding hydrogens is 625 g/mol. The first-order valence-corrected chi connectivity index (χ1v) is 16.6. The van der Waals surface area contributed by atoms with Crippen molar-refractivity contribution in [2.75, 3.05) is 51.6 Å². The second kappa shape index (κ2) is 12.5. The van der Waals surface area contributed by atoms with Crippen molar-refractivity contribution in [1.29, 1.82) is 0 Å². The Morgan fingerprint density at radius 1 is 1.06 bits per heavy atom. The monoisotopic (exact) mass is 666 g/mol. The van der Waals surface area contributed by atoms with Crippen LogP contribution in [0.2, 0.25) is 0 Å². The molecule has 0 bridgehead atoms. The Bertz CT molecular complexity index is 1870. The maximum absolute atomic E-state index is 17.2. The van der Waals surface area contributed by atoms with E-state index in [4.69, 9.17) is 19.2 Å². The average Bonchev–Trinajstić information content (AvgIpc) is 3.58. The second-order valence-electron chi connectivity index (χ2n) is 13.7. The number of methoxy groups -OCH3 is 1. The number of aromatic nitrogens is 2. The van der Waals surface area contributed by atoms with Crippen LogP contribution in [0.5, 0.6) is 17.5 Å².